The molecule has 3 aromatic rings. The van der Waals surface area contributed by atoms with Gasteiger partial charge < -0.3 is 24.4 Å². The molecule has 0 spiro atoms. The Morgan fingerprint density at radius 1 is 0.889 bits per heavy atom. The maximum Gasteiger partial charge on any atom is 0.264 e. The number of carbonyl (C=O) groups excluding carboxylic acids is 2. The molecule has 0 bridgehead atoms. The van der Waals surface area contributed by atoms with Crippen molar-refractivity contribution in [1.29, 1.82) is 0 Å². The lowest BCUT2D eigenvalue weighted by molar-refractivity contribution is -0.140. The summed E-state index contributed by atoms with van der Waals surface area (Å²) in [5.74, 6) is 0.334. The number of anilines is 1. The Hall–Kier alpha value is -4.25. The Balaban J connectivity index is 2.08. The van der Waals surface area contributed by atoms with Crippen LogP contribution in [0, 0.1) is 0 Å². The lowest BCUT2D eigenvalue weighted by Crippen LogP contribution is -2.56. The third-order valence-corrected chi connectivity index (χ3v) is 8.80. The van der Waals surface area contributed by atoms with E-state index in [0.29, 0.717) is 30.9 Å². The number of rotatable bonds is 15. The normalized spacial score (nSPS) is 12.2. The molecule has 3 rings (SSSR count). The van der Waals surface area contributed by atoms with E-state index in [4.69, 9.17) is 14.2 Å². The van der Waals surface area contributed by atoms with Gasteiger partial charge in [-0.3, -0.25) is 13.9 Å². The van der Waals surface area contributed by atoms with Gasteiger partial charge in [-0.25, -0.2) is 8.42 Å². The second kappa shape index (κ2) is 15.7. The first kappa shape index (κ1) is 35.2. The van der Waals surface area contributed by atoms with Gasteiger partial charge in [0.1, 0.15) is 18.3 Å². The molecular weight excluding hydrogens is 594 g/mol. The molecule has 45 heavy (non-hydrogen) atoms. The molecule has 3 aromatic carbocycles. The predicted molar refractivity (Wildman–Crippen MR) is 176 cm³/mol. The second-order valence-corrected chi connectivity index (χ2v) is 13.3. The minimum atomic E-state index is -4.31. The molecule has 0 radical (unpaired) electrons. The average Bonchev–Trinajstić information content (AvgIpc) is 3.01. The molecule has 1 N–H and O–H groups in total. The summed E-state index contributed by atoms with van der Waals surface area (Å²) in [6.07, 6.45) is 0.825. The summed E-state index contributed by atoms with van der Waals surface area (Å²) in [5.41, 5.74) is 0.725. The monoisotopic (exact) mass is 639 g/mol. The van der Waals surface area contributed by atoms with Crippen molar-refractivity contribution in [2.75, 3.05) is 38.2 Å². The summed E-state index contributed by atoms with van der Waals surface area (Å²) < 4.78 is 45.8. The molecule has 2 amide bonds. The van der Waals surface area contributed by atoms with Crippen molar-refractivity contribution in [2.24, 2.45) is 0 Å². The second-order valence-electron chi connectivity index (χ2n) is 11.4. The van der Waals surface area contributed by atoms with Crippen molar-refractivity contribution in [3.63, 3.8) is 0 Å². The van der Waals surface area contributed by atoms with Gasteiger partial charge in [0.05, 0.1) is 31.4 Å². The van der Waals surface area contributed by atoms with Crippen molar-refractivity contribution in [2.45, 2.75) is 63.9 Å². The first-order chi connectivity index (χ1) is 21.3. The highest BCUT2D eigenvalue weighted by Gasteiger charge is 2.34. The molecule has 0 heterocycles. The number of amides is 2. The third kappa shape index (κ3) is 9.37. The molecule has 0 saturated carbocycles. The van der Waals surface area contributed by atoms with Crippen LogP contribution < -0.4 is 23.8 Å². The maximum atomic E-state index is 14.3. The quantitative estimate of drug-likeness (QED) is 0.247. The first-order valence-electron chi connectivity index (χ1n) is 15.0. The fourth-order valence-corrected chi connectivity index (χ4v) is 6.29. The van der Waals surface area contributed by atoms with Crippen LogP contribution in [0.4, 0.5) is 5.69 Å². The molecule has 0 aliphatic heterocycles. The molecule has 10 nitrogen and oxygen atoms in total. The molecule has 11 heteroatoms. The summed E-state index contributed by atoms with van der Waals surface area (Å²) in [7, 11) is -1.43. The summed E-state index contributed by atoms with van der Waals surface area (Å²) >= 11 is 0. The Morgan fingerprint density at radius 3 is 2.09 bits per heavy atom. The number of nitrogens with one attached hydrogen (secondary N) is 1. The molecule has 0 aromatic heterocycles. The maximum absolute atomic E-state index is 14.3. The fourth-order valence-electron chi connectivity index (χ4n) is 4.86. The van der Waals surface area contributed by atoms with Crippen LogP contribution in [-0.2, 0) is 26.0 Å². The van der Waals surface area contributed by atoms with Gasteiger partial charge >= 0.3 is 0 Å². The van der Waals surface area contributed by atoms with Crippen molar-refractivity contribution in [3.8, 4) is 17.2 Å². The average molecular weight is 640 g/mol. The van der Waals surface area contributed by atoms with Crippen LogP contribution >= 0.6 is 0 Å². The van der Waals surface area contributed by atoms with E-state index in [1.165, 1.54) is 37.3 Å². The van der Waals surface area contributed by atoms with Crippen LogP contribution in [-0.4, -0.2) is 70.6 Å². The molecule has 0 aliphatic rings. The van der Waals surface area contributed by atoms with E-state index in [-0.39, 0.29) is 28.8 Å². The van der Waals surface area contributed by atoms with Gasteiger partial charge in [-0.05, 0) is 82.5 Å². The zero-order valence-electron chi connectivity index (χ0n) is 27.2. The third-order valence-electron chi connectivity index (χ3n) is 7.03. The fraction of sp³-hybridized carbons (Fsp3) is 0.412. The number of hydrogen-bond donors (Lipinski definition) is 1. The number of ether oxygens (including phenoxy) is 3. The number of nitrogens with zero attached hydrogens (tertiary/aromatic N) is 2. The van der Waals surface area contributed by atoms with Crippen LogP contribution in [0.2, 0.25) is 0 Å². The van der Waals surface area contributed by atoms with Crippen LogP contribution in [0.15, 0.2) is 77.7 Å². The molecule has 0 saturated heterocycles. The minimum absolute atomic E-state index is 0.0878. The SMILES string of the molecule is CCOc1ccc(N(CC(=O)N(CCc2ccccc2)[C@@H](CC)C(=O)NC(C)(C)C)S(=O)(=O)c2ccc(OC)c(OC)c2)cc1. The smallest absolute Gasteiger partial charge is 0.264 e. The number of carbonyl (C=O) groups is 2. The zero-order valence-corrected chi connectivity index (χ0v) is 28.0. The van der Waals surface area contributed by atoms with E-state index in [2.05, 4.69) is 5.32 Å². The summed E-state index contributed by atoms with van der Waals surface area (Å²) in [4.78, 5) is 29.1. The zero-order chi connectivity index (χ0) is 33.2. The van der Waals surface area contributed by atoms with Crippen LogP contribution in [0.3, 0.4) is 0 Å². The summed E-state index contributed by atoms with van der Waals surface area (Å²) in [6, 6.07) is 19.6. The van der Waals surface area contributed by atoms with Crippen LogP contribution in [0.25, 0.3) is 0 Å². The number of methoxy groups -OCH3 is 2. The Kier molecular flexibility index (Phi) is 12.3. The van der Waals surface area contributed by atoms with Gasteiger partial charge in [-0.2, -0.15) is 0 Å². The van der Waals surface area contributed by atoms with Crippen molar-refractivity contribution in [3.05, 3.63) is 78.4 Å². The van der Waals surface area contributed by atoms with E-state index in [1.807, 2.05) is 65.0 Å². The van der Waals surface area contributed by atoms with E-state index in [9.17, 15) is 18.0 Å². The highest BCUT2D eigenvalue weighted by atomic mass is 32.2. The standard InChI is InChI=1S/C34H45N3O7S/c1-8-29(33(39)35-34(3,4)5)36(22-21-25-13-11-10-12-14-25)32(38)24-37(26-15-17-27(18-16-26)44-9-2)45(40,41)28-19-20-30(42-6)31(23-28)43-7/h10-20,23,29H,8-9,21-22,24H2,1-7H3,(H,35,39)/t29-/m0/s1. The summed E-state index contributed by atoms with van der Waals surface area (Å²) in [5, 5.41) is 2.98. The van der Waals surface area contributed by atoms with Crippen molar-refractivity contribution >= 4 is 27.5 Å². The first-order valence-corrected chi connectivity index (χ1v) is 16.4. The topological polar surface area (TPSA) is 114 Å². The van der Waals surface area contributed by atoms with E-state index in [1.54, 1.807) is 24.3 Å². The lowest BCUT2D eigenvalue weighted by Gasteiger charge is -2.34. The number of benzene rings is 3. The molecule has 0 fully saturated rings. The van der Waals surface area contributed by atoms with Crippen LogP contribution in [0.5, 0.6) is 17.2 Å². The van der Waals surface area contributed by atoms with Gasteiger partial charge in [0.2, 0.25) is 11.8 Å². The predicted octanol–water partition coefficient (Wildman–Crippen LogP) is 5.06. The minimum Gasteiger partial charge on any atom is -0.494 e. The van der Waals surface area contributed by atoms with Gasteiger partial charge in [0.25, 0.3) is 10.0 Å². The van der Waals surface area contributed by atoms with Gasteiger partial charge in [0.15, 0.2) is 11.5 Å². The molecule has 0 aliphatic carbocycles. The number of hydrogen-bond acceptors (Lipinski definition) is 7. The molecule has 1 atom stereocenters. The van der Waals surface area contributed by atoms with E-state index >= 15 is 0 Å². The van der Waals surface area contributed by atoms with Crippen LogP contribution in [0.1, 0.15) is 46.6 Å². The van der Waals surface area contributed by atoms with E-state index in [0.717, 1.165) is 9.87 Å². The summed E-state index contributed by atoms with van der Waals surface area (Å²) in [6.45, 7) is 9.41. The lowest BCUT2D eigenvalue weighted by atomic mass is 10.1. The van der Waals surface area contributed by atoms with Gasteiger partial charge in [-0.15, -0.1) is 0 Å². The van der Waals surface area contributed by atoms with Gasteiger partial charge in [0, 0.05) is 18.2 Å². The Morgan fingerprint density at radius 2 is 1.53 bits per heavy atom. The Bertz CT molecular complexity index is 1520. The van der Waals surface area contributed by atoms with Gasteiger partial charge in [-0.1, -0.05) is 37.3 Å². The molecule has 244 valence electrons. The van der Waals surface area contributed by atoms with Crippen molar-refractivity contribution < 1.29 is 32.2 Å². The van der Waals surface area contributed by atoms with E-state index < -0.39 is 34.1 Å². The highest BCUT2D eigenvalue weighted by Crippen LogP contribution is 2.33. The van der Waals surface area contributed by atoms with Crippen molar-refractivity contribution in [1.82, 2.24) is 10.2 Å². The highest BCUT2D eigenvalue weighted by molar-refractivity contribution is 7.92. The molecular formula is C34H45N3O7S. The largest absolute Gasteiger partial charge is 0.494 e. The number of sulfonamides is 1. The molecule has 0 unspecified atom stereocenters. The Labute approximate surface area is 267 Å².